The van der Waals surface area contributed by atoms with Crippen LogP contribution >= 0.6 is 11.6 Å². The quantitative estimate of drug-likeness (QED) is 0.650. The maximum Gasteiger partial charge on any atom is 0.407 e. The van der Waals surface area contributed by atoms with Crippen molar-refractivity contribution in [3.8, 4) is 0 Å². The fourth-order valence-corrected chi connectivity index (χ4v) is 0.654. The third-order valence-corrected chi connectivity index (χ3v) is 1.47. The lowest BCUT2D eigenvalue weighted by molar-refractivity contribution is -0.117. The Morgan fingerprint density at radius 3 is 2.36 bits per heavy atom. The minimum Gasteiger partial charge on any atom is -0.465 e. The standard InChI is InChI=1S/C6H10ClNO3/c1-2-8(6(10)11)4-5(9)3-7/h2-4H2,1H3,(H,10,11). The Balaban J connectivity index is 3.88. The molecule has 0 rings (SSSR count). The first-order valence-corrected chi connectivity index (χ1v) is 3.70. The van der Waals surface area contributed by atoms with Gasteiger partial charge in [0, 0.05) is 6.54 Å². The molecule has 0 saturated heterocycles. The number of carbonyl (C=O) groups is 2. The number of rotatable bonds is 4. The van der Waals surface area contributed by atoms with Crippen LogP contribution in [0, 0.1) is 0 Å². The van der Waals surface area contributed by atoms with Gasteiger partial charge >= 0.3 is 6.09 Å². The molecule has 1 N–H and O–H groups in total. The van der Waals surface area contributed by atoms with Crippen molar-refractivity contribution >= 4 is 23.5 Å². The number of nitrogens with zero attached hydrogens (tertiary/aromatic N) is 1. The van der Waals surface area contributed by atoms with Crippen LogP contribution in [0.15, 0.2) is 0 Å². The molecule has 0 heterocycles. The van der Waals surface area contributed by atoms with E-state index in [-0.39, 0.29) is 18.2 Å². The lowest BCUT2D eigenvalue weighted by Crippen LogP contribution is -2.34. The van der Waals surface area contributed by atoms with Gasteiger partial charge in [0.05, 0.1) is 12.4 Å². The number of Topliss-reactive ketones (excluding diaryl/α,β-unsaturated/α-hetero) is 1. The summed E-state index contributed by atoms with van der Waals surface area (Å²) in [7, 11) is 0. The molecule has 0 bridgehead atoms. The molecular weight excluding hydrogens is 170 g/mol. The zero-order chi connectivity index (χ0) is 8.85. The van der Waals surface area contributed by atoms with Crippen molar-refractivity contribution in [1.29, 1.82) is 0 Å². The molecule has 0 aliphatic rings. The lowest BCUT2D eigenvalue weighted by Gasteiger charge is -2.14. The summed E-state index contributed by atoms with van der Waals surface area (Å²) in [6.07, 6.45) is -1.09. The van der Waals surface area contributed by atoms with Crippen molar-refractivity contribution in [2.24, 2.45) is 0 Å². The molecule has 0 aromatic rings. The van der Waals surface area contributed by atoms with E-state index in [1.165, 1.54) is 0 Å². The van der Waals surface area contributed by atoms with Crippen LogP contribution in [0.5, 0.6) is 0 Å². The van der Waals surface area contributed by atoms with Crippen molar-refractivity contribution in [2.45, 2.75) is 6.92 Å². The molecule has 0 unspecified atom stereocenters. The first-order valence-electron chi connectivity index (χ1n) is 3.17. The Hall–Kier alpha value is -0.770. The first-order chi connectivity index (χ1) is 5.11. The molecule has 0 aromatic heterocycles. The summed E-state index contributed by atoms with van der Waals surface area (Å²) in [6, 6.07) is 0. The first kappa shape index (κ1) is 10.2. The van der Waals surface area contributed by atoms with E-state index in [0.29, 0.717) is 6.54 Å². The summed E-state index contributed by atoms with van der Waals surface area (Å²) >= 11 is 5.19. The van der Waals surface area contributed by atoms with Gasteiger partial charge in [0.15, 0.2) is 5.78 Å². The van der Waals surface area contributed by atoms with Crippen molar-refractivity contribution in [2.75, 3.05) is 19.0 Å². The SMILES string of the molecule is CCN(CC(=O)CCl)C(=O)O. The molecule has 0 fully saturated rings. The van der Waals surface area contributed by atoms with Crippen molar-refractivity contribution in [3.05, 3.63) is 0 Å². The number of carboxylic acid groups (broad SMARTS) is 1. The summed E-state index contributed by atoms with van der Waals surface area (Å²) < 4.78 is 0. The van der Waals surface area contributed by atoms with Crippen LogP contribution in [0.3, 0.4) is 0 Å². The van der Waals surface area contributed by atoms with E-state index in [9.17, 15) is 9.59 Å². The molecule has 0 aliphatic carbocycles. The second-order valence-corrected chi connectivity index (χ2v) is 2.24. The number of ketones is 1. The van der Waals surface area contributed by atoms with E-state index in [2.05, 4.69) is 0 Å². The van der Waals surface area contributed by atoms with Gasteiger partial charge in [-0.25, -0.2) is 4.79 Å². The molecule has 5 heteroatoms. The molecule has 0 saturated carbocycles. The Morgan fingerprint density at radius 1 is 1.55 bits per heavy atom. The summed E-state index contributed by atoms with van der Waals surface area (Å²) in [5.41, 5.74) is 0. The summed E-state index contributed by atoms with van der Waals surface area (Å²) in [5, 5.41) is 8.45. The molecule has 64 valence electrons. The summed E-state index contributed by atoms with van der Waals surface area (Å²) in [4.78, 5) is 22.0. The average Bonchev–Trinajstić information content (AvgIpc) is 1.99. The van der Waals surface area contributed by atoms with Crippen LogP contribution in [0.25, 0.3) is 0 Å². The van der Waals surface area contributed by atoms with Crippen LogP contribution in [0.2, 0.25) is 0 Å². The van der Waals surface area contributed by atoms with Crippen LogP contribution in [0.4, 0.5) is 4.79 Å². The summed E-state index contributed by atoms with van der Waals surface area (Å²) in [5.74, 6) is -0.417. The number of alkyl halides is 1. The Morgan fingerprint density at radius 2 is 2.09 bits per heavy atom. The minimum atomic E-state index is -1.09. The molecule has 0 aromatic carbocycles. The predicted molar refractivity (Wildman–Crippen MR) is 41.0 cm³/mol. The molecule has 0 spiro atoms. The van der Waals surface area contributed by atoms with Crippen LogP contribution in [-0.2, 0) is 4.79 Å². The van der Waals surface area contributed by atoms with Gasteiger partial charge in [0.1, 0.15) is 0 Å². The Labute approximate surface area is 69.7 Å². The van der Waals surface area contributed by atoms with Gasteiger partial charge < -0.3 is 10.0 Å². The zero-order valence-electron chi connectivity index (χ0n) is 6.21. The van der Waals surface area contributed by atoms with Crippen molar-refractivity contribution in [1.82, 2.24) is 4.90 Å². The molecule has 0 aliphatic heterocycles. The van der Waals surface area contributed by atoms with Crippen LogP contribution in [0.1, 0.15) is 6.92 Å². The normalized spacial score (nSPS) is 9.27. The Kier molecular flexibility index (Phi) is 4.61. The maximum atomic E-state index is 10.6. The molecule has 0 radical (unpaired) electrons. The topological polar surface area (TPSA) is 57.6 Å². The molecule has 4 nitrogen and oxygen atoms in total. The van der Waals surface area contributed by atoms with Crippen LogP contribution < -0.4 is 0 Å². The van der Waals surface area contributed by atoms with Gasteiger partial charge in [-0.15, -0.1) is 11.6 Å². The maximum absolute atomic E-state index is 10.6. The van der Waals surface area contributed by atoms with Gasteiger partial charge in [-0.3, -0.25) is 4.79 Å². The van der Waals surface area contributed by atoms with Crippen molar-refractivity contribution in [3.63, 3.8) is 0 Å². The lowest BCUT2D eigenvalue weighted by atomic mass is 10.4. The molecule has 0 atom stereocenters. The number of hydrogen-bond donors (Lipinski definition) is 1. The largest absolute Gasteiger partial charge is 0.465 e. The Bertz CT molecular complexity index is 160. The molecule has 1 amide bonds. The van der Waals surface area contributed by atoms with E-state index in [4.69, 9.17) is 16.7 Å². The second kappa shape index (κ2) is 4.96. The highest BCUT2D eigenvalue weighted by Gasteiger charge is 2.12. The fraction of sp³-hybridized carbons (Fsp3) is 0.667. The van der Waals surface area contributed by atoms with Gasteiger partial charge in [-0.05, 0) is 6.92 Å². The third kappa shape index (κ3) is 3.83. The number of amides is 1. The fourth-order valence-electron chi connectivity index (χ4n) is 0.570. The summed E-state index contributed by atoms with van der Waals surface area (Å²) in [6.45, 7) is 1.85. The minimum absolute atomic E-state index is 0.116. The smallest absolute Gasteiger partial charge is 0.407 e. The molecular formula is C6H10ClNO3. The highest BCUT2D eigenvalue weighted by molar-refractivity contribution is 6.28. The van der Waals surface area contributed by atoms with Gasteiger partial charge in [-0.2, -0.15) is 0 Å². The number of halogens is 1. The van der Waals surface area contributed by atoms with Crippen LogP contribution in [-0.4, -0.2) is 40.9 Å². The zero-order valence-corrected chi connectivity index (χ0v) is 6.97. The monoisotopic (exact) mass is 179 g/mol. The number of hydrogen-bond acceptors (Lipinski definition) is 2. The van der Waals surface area contributed by atoms with Gasteiger partial charge in [-0.1, -0.05) is 0 Å². The van der Waals surface area contributed by atoms with E-state index >= 15 is 0 Å². The van der Waals surface area contributed by atoms with E-state index < -0.39 is 6.09 Å². The second-order valence-electron chi connectivity index (χ2n) is 1.97. The number of likely N-dealkylation sites (N-methyl/N-ethyl adjacent to an activating group) is 1. The van der Waals surface area contributed by atoms with E-state index in [1.54, 1.807) is 6.92 Å². The van der Waals surface area contributed by atoms with Crippen molar-refractivity contribution < 1.29 is 14.7 Å². The number of carbonyl (C=O) groups excluding carboxylic acids is 1. The highest BCUT2D eigenvalue weighted by atomic mass is 35.5. The van der Waals surface area contributed by atoms with E-state index in [1.807, 2.05) is 0 Å². The predicted octanol–water partition coefficient (Wildman–Crippen LogP) is 0.794. The van der Waals surface area contributed by atoms with Gasteiger partial charge in [0.2, 0.25) is 0 Å². The third-order valence-electron chi connectivity index (χ3n) is 1.17. The van der Waals surface area contributed by atoms with E-state index in [0.717, 1.165) is 4.90 Å². The van der Waals surface area contributed by atoms with Gasteiger partial charge in [0.25, 0.3) is 0 Å². The highest BCUT2D eigenvalue weighted by Crippen LogP contribution is 1.90. The average molecular weight is 180 g/mol. The molecule has 11 heavy (non-hydrogen) atoms.